The van der Waals surface area contributed by atoms with Crippen LogP contribution >= 0.6 is 0 Å². The van der Waals surface area contributed by atoms with E-state index in [1.807, 2.05) is 31.2 Å². The van der Waals surface area contributed by atoms with E-state index in [-0.39, 0.29) is 5.82 Å². The van der Waals surface area contributed by atoms with Gasteiger partial charge in [0.05, 0.1) is 5.69 Å². The van der Waals surface area contributed by atoms with Gasteiger partial charge in [-0.1, -0.05) is 30.3 Å². The fraction of sp³-hybridized carbons (Fsp3) is 0.143. The summed E-state index contributed by atoms with van der Waals surface area (Å²) in [6.07, 6.45) is 0.596. The predicted octanol–water partition coefficient (Wildman–Crippen LogP) is 3.01. The van der Waals surface area contributed by atoms with Crippen LogP contribution in [0.4, 0.5) is 10.1 Å². The average molecular weight is 230 g/mol. The lowest BCUT2D eigenvalue weighted by molar-refractivity contribution is 0.614. The lowest BCUT2D eigenvalue weighted by Crippen LogP contribution is -2.08. The zero-order chi connectivity index (χ0) is 12.3. The molecular formula is C14H15FN2. The smallest absolute Gasteiger partial charge is 0.126 e. The summed E-state index contributed by atoms with van der Waals surface area (Å²) in [5.74, 6) is 5.21. The van der Waals surface area contributed by atoms with Crippen LogP contribution in [0.3, 0.4) is 0 Å². The normalized spacial score (nSPS) is 10.3. The number of anilines is 1. The molecule has 0 spiro atoms. The van der Waals surface area contributed by atoms with Gasteiger partial charge in [0.15, 0.2) is 0 Å². The van der Waals surface area contributed by atoms with Crippen molar-refractivity contribution >= 4 is 5.69 Å². The van der Waals surface area contributed by atoms with Crippen LogP contribution in [0.1, 0.15) is 16.7 Å². The summed E-state index contributed by atoms with van der Waals surface area (Å²) in [4.78, 5) is 0. The molecule has 2 rings (SSSR count). The number of nitrogens with one attached hydrogen (secondary N) is 1. The Morgan fingerprint density at radius 3 is 2.59 bits per heavy atom. The molecule has 2 aromatic carbocycles. The number of nitrogens with two attached hydrogens (primary N) is 1. The summed E-state index contributed by atoms with van der Waals surface area (Å²) in [6, 6.07) is 12.7. The second-order valence-electron chi connectivity index (χ2n) is 4.06. The first-order chi connectivity index (χ1) is 8.20. The molecule has 0 atom stereocenters. The standard InChI is InChI=1S/C14H15FN2/c1-10-8-11(6-7-14(10)17-16)9-12-4-2-3-5-13(12)15/h2-8,17H,9,16H2,1H3. The molecule has 2 nitrogen and oxygen atoms in total. The number of benzene rings is 2. The molecule has 0 aliphatic heterocycles. The molecule has 2 aromatic rings. The number of hydrazine groups is 1. The summed E-state index contributed by atoms with van der Waals surface area (Å²) >= 11 is 0. The fourth-order valence-corrected chi connectivity index (χ4v) is 1.86. The second-order valence-corrected chi connectivity index (χ2v) is 4.06. The van der Waals surface area contributed by atoms with Crippen LogP contribution < -0.4 is 11.3 Å². The zero-order valence-corrected chi connectivity index (χ0v) is 9.70. The van der Waals surface area contributed by atoms with E-state index in [2.05, 4.69) is 5.43 Å². The van der Waals surface area contributed by atoms with Crippen LogP contribution in [0.5, 0.6) is 0 Å². The van der Waals surface area contributed by atoms with E-state index in [1.54, 1.807) is 12.1 Å². The molecule has 17 heavy (non-hydrogen) atoms. The summed E-state index contributed by atoms with van der Waals surface area (Å²) in [5.41, 5.74) is 6.36. The molecule has 0 aromatic heterocycles. The van der Waals surface area contributed by atoms with Crippen LogP contribution in [-0.4, -0.2) is 0 Å². The third-order valence-electron chi connectivity index (χ3n) is 2.80. The first-order valence-electron chi connectivity index (χ1n) is 5.50. The molecule has 3 N–H and O–H groups in total. The van der Waals surface area contributed by atoms with E-state index in [0.717, 1.165) is 16.8 Å². The minimum atomic E-state index is -0.161. The van der Waals surface area contributed by atoms with Gasteiger partial charge in [0, 0.05) is 6.42 Å². The molecule has 0 amide bonds. The van der Waals surface area contributed by atoms with Crippen molar-refractivity contribution in [3.8, 4) is 0 Å². The quantitative estimate of drug-likeness (QED) is 0.628. The van der Waals surface area contributed by atoms with Crippen LogP contribution in [-0.2, 0) is 6.42 Å². The van der Waals surface area contributed by atoms with Crippen molar-refractivity contribution in [3.63, 3.8) is 0 Å². The summed E-state index contributed by atoms with van der Waals surface area (Å²) < 4.78 is 13.5. The SMILES string of the molecule is Cc1cc(Cc2ccccc2F)ccc1NN. The molecule has 0 bridgehead atoms. The van der Waals surface area contributed by atoms with Crippen molar-refractivity contribution in [3.05, 3.63) is 65.0 Å². The minimum absolute atomic E-state index is 0.161. The maximum absolute atomic E-state index is 13.5. The molecule has 88 valence electrons. The molecule has 0 aliphatic rings. The van der Waals surface area contributed by atoms with Crippen LogP contribution in [0.25, 0.3) is 0 Å². The third-order valence-corrected chi connectivity index (χ3v) is 2.80. The predicted molar refractivity (Wildman–Crippen MR) is 68.2 cm³/mol. The Bertz CT molecular complexity index is 523. The number of nitrogen functional groups attached to an aromatic ring is 1. The van der Waals surface area contributed by atoms with E-state index >= 15 is 0 Å². The number of hydrogen-bond donors (Lipinski definition) is 2. The van der Waals surface area contributed by atoms with Gasteiger partial charge >= 0.3 is 0 Å². The molecule has 0 fully saturated rings. The van der Waals surface area contributed by atoms with Gasteiger partial charge in [0.1, 0.15) is 5.82 Å². The Morgan fingerprint density at radius 2 is 1.94 bits per heavy atom. The van der Waals surface area contributed by atoms with Gasteiger partial charge in [-0.3, -0.25) is 5.84 Å². The first-order valence-corrected chi connectivity index (χ1v) is 5.50. The Hall–Kier alpha value is -1.87. The van der Waals surface area contributed by atoms with Crippen molar-refractivity contribution in [2.75, 3.05) is 5.43 Å². The largest absolute Gasteiger partial charge is 0.324 e. The van der Waals surface area contributed by atoms with Crippen molar-refractivity contribution < 1.29 is 4.39 Å². The average Bonchev–Trinajstić information content (AvgIpc) is 2.32. The Morgan fingerprint density at radius 1 is 1.18 bits per heavy atom. The highest BCUT2D eigenvalue weighted by Gasteiger charge is 2.03. The Balaban J connectivity index is 2.25. The molecule has 0 saturated heterocycles. The van der Waals surface area contributed by atoms with Gasteiger partial charge in [-0.25, -0.2) is 4.39 Å². The topological polar surface area (TPSA) is 38.0 Å². The van der Waals surface area contributed by atoms with E-state index in [1.165, 1.54) is 6.07 Å². The van der Waals surface area contributed by atoms with Crippen LogP contribution in [0, 0.1) is 12.7 Å². The minimum Gasteiger partial charge on any atom is -0.324 e. The molecule has 0 heterocycles. The summed E-state index contributed by atoms with van der Waals surface area (Å²) in [6.45, 7) is 1.97. The van der Waals surface area contributed by atoms with E-state index in [4.69, 9.17) is 5.84 Å². The Labute approximate surface area is 100 Å². The molecule has 0 aliphatic carbocycles. The lowest BCUT2D eigenvalue weighted by Gasteiger charge is -2.08. The highest BCUT2D eigenvalue weighted by Crippen LogP contribution is 2.18. The molecule has 0 unspecified atom stereocenters. The van der Waals surface area contributed by atoms with Crippen LogP contribution in [0.2, 0.25) is 0 Å². The second kappa shape index (κ2) is 4.97. The highest BCUT2D eigenvalue weighted by molar-refractivity contribution is 5.51. The number of rotatable bonds is 3. The van der Waals surface area contributed by atoms with Gasteiger partial charge in [-0.2, -0.15) is 0 Å². The van der Waals surface area contributed by atoms with E-state index in [0.29, 0.717) is 12.0 Å². The van der Waals surface area contributed by atoms with Gasteiger partial charge in [-0.15, -0.1) is 0 Å². The Kier molecular flexibility index (Phi) is 3.40. The third kappa shape index (κ3) is 2.63. The van der Waals surface area contributed by atoms with E-state index in [9.17, 15) is 4.39 Å². The van der Waals surface area contributed by atoms with Gasteiger partial charge in [0.2, 0.25) is 0 Å². The van der Waals surface area contributed by atoms with Crippen LogP contribution in [0.15, 0.2) is 42.5 Å². The lowest BCUT2D eigenvalue weighted by atomic mass is 10.0. The van der Waals surface area contributed by atoms with Gasteiger partial charge < -0.3 is 5.43 Å². The van der Waals surface area contributed by atoms with Crippen molar-refractivity contribution in [2.45, 2.75) is 13.3 Å². The zero-order valence-electron chi connectivity index (χ0n) is 9.70. The number of hydrogen-bond acceptors (Lipinski definition) is 2. The number of halogens is 1. The number of aryl methyl sites for hydroxylation is 1. The molecule has 3 heteroatoms. The molecule has 0 saturated carbocycles. The van der Waals surface area contributed by atoms with Gasteiger partial charge in [-0.05, 0) is 35.7 Å². The summed E-state index contributed by atoms with van der Waals surface area (Å²) in [7, 11) is 0. The fourth-order valence-electron chi connectivity index (χ4n) is 1.86. The maximum atomic E-state index is 13.5. The molecule has 0 radical (unpaired) electrons. The monoisotopic (exact) mass is 230 g/mol. The maximum Gasteiger partial charge on any atom is 0.126 e. The first kappa shape index (κ1) is 11.6. The van der Waals surface area contributed by atoms with Crippen molar-refractivity contribution in [1.29, 1.82) is 0 Å². The van der Waals surface area contributed by atoms with E-state index < -0.39 is 0 Å². The van der Waals surface area contributed by atoms with Gasteiger partial charge in [0.25, 0.3) is 0 Å². The highest BCUT2D eigenvalue weighted by atomic mass is 19.1. The molecular weight excluding hydrogens is 215 g/mol. The van der Waals surface area contributed by atoms with Crippen molar-refractivity contribution in [2.24, 2.45) is 5.84 Å². The van der Waals surface area contributed by atoms with Crippen molar-refractivity contribution in [1.82, 2.24) is 0 Å². The summed E-state index contributed by atoms with van der Waals surface area (Å²) in [5, 5.41) is 0.